The zero-order chi connectivity index (χ0) is 17.5. The third kappa shape index (κ3) is 5.47. The lowest BCUT2D eigenvalue weighted by Crippen LogP contribution is -2.12. The predicted molar refractivity (Wildman–Crippen MR) is 96.9 cm³/mol. The summed E-state index contributed by atoms with van der Waals surface area (Å²) in [4.78, 5) is 12.4. The van der Waals surface area contributed by atoms with Crippen LogP contribution in [0, 0.1) is 0 Å². The summed E-state index contributed by atoms with van der Waals surface area (Å²) in [6, 6.07) is 14.4. The number of amides is 1. The Labute approximate surface area is 143 Å². The maximum absolute atomic E-state index is 12.4. The minimum Gasteiger partial charge on any atom is -0.491 e. The number of anilines is 1. The number of hydrogen-bond acceptors (Lipinski definition) is 3. The SMILES string of the molecule is C=C(C)COc1cccc(C(=O)Nc2ccc(OC(C)C)cc2)c1. The van der Waals surface area contributed by atoms with Crippen LogP contribution in [0.15, 0.2) is 60.7 Å². The minimum atomic E-state index is -0.187. The van der Waals surface area contributed by atoms with Gasteiger partial charge in [-0.3, -0.25) is 4.79 Å². The molecule has 0 aromatic heterocycles. The Morgan fingerprint density at radius 1 is 1.12 bits per heavy atom. The summed E-state index contributed by atoms with van der Waals surface area (Å²) in [6.07, 6.45) is 0.118. The van der Waals surface area contributed by atoms with E-state index < -0.39 is 0 Å². The van der Waals surface area contributed by atoms with Crippen LogP contribution in [0.5, 0.6) is 11.5 Å². The molecule has 2 aromatic carbocycles. The van der Waals surface area contributed by atoms with E-state index in [-0.39, 0.29) is 12.0 Å². The summed E-state index contributed by atoms with van der Waals surface area (Å²) >= 11 is 0. The molecule has 0 aliphatic heterocycles. The monoisotopic (exact) mass is 325 g/mol. The zero-order valence-corrected chi connectivity index (χ0v) is 14.3. The highest BCUT2D eigenvalue weighted by molar-refractivity contribution is 6.04. The lowest BCUT2D eigenvalue weighted by molar-refractivity contribution is 0.102. The van der Waals surface area contributed by atoms with Crippen LogP contribution in [0.25, 0.3) is 0 Å². The fourth-order valence-electron chi connectivity index (χ4n) is 2.03. The van der Waals surface area contributed by atoms with Gasteiger partial charge in [-0.15, -0.1) is 0 Å². The Bertz CT molecular complexity index is 705. The van der Waals surface area contributed by atoms with E-state index in [0.717, 1.165) is 11.3 Å². The summed E-state index contributed by atoms with van der Waals surface area (Å²) in [5.41, 5.74) is 2.18. The van der Waals surface area contributed by atoms with Gasteiger partial charge >= 0.3 is 0 Å². The van der Waals surface area contributed by atoms with Gasteiger partial charge in [0, 0.05) is 11.3 Å². The molecule has 2 rings (SSSR count). The molecule has 0 bridgehead atoms. The van der Waals surface area contributed by atoms with Crippen molar-refractivity contribution in [2.24, 2.45) is 0 Å². The van der Waals surface area contributed by atoms with E-state index in [0.29, 0.717) is 23.6 Å². The second-order valence-corrected chi connectivity index (χ2v) is 5.92. The highest BCUT2D eigenvalue weighted by Crippen LogP contribution is 2.19. The normalized spacial score (nSPS) is 10.3. The van der Waals surface area contributed by atoms with E-state index in [2.05, 4.69) is 11.9 Å². The fourth-order valence-corrected chi connectivity index (χ4v) is 2.03. The molecule has 1 N–H and O–H groups in total. The van der Waals surface area contributed by atoms with Crippen molar-refractivity contribution in [2.75, 3.05) is 11.9 Å². The van der Waals surface area contributed by atoms with E-state index in [1.807, 2.05) is 51.1 Å². The average Bonchev–Trinajstić information content (AvgIpc) is 2.54. The molecule has 4 nitrogen and oxygen atoms in total. The molecular weight excluding hydrogens is 302 g/mol. The van der Waals surface area contributed by atoms with Crippen molar-refractivity contribution in [2.45, 2.75) is 26.9 Å². The molecule has 4 heteroatoms. The molecule has 0 unspecified atom stereocenters. The zero-order valence-electron chi connectivity index (χ0n) is 14.3. The van der Waals surface area contributed by atoms with Gasteiger partial charge in [0.25, 0.3) is 5.91 Å². The van der Waals surface area contributed by atoms with E-state index in [1.54, 1.807) is 18.2 Å². The predicted octanol–water partition coefficient (Wildman–Crippen LogP) is 4.68. The Balaban J connectivity index is 2.01. The highest BCUT2D eigenvalue weighted by Gasteiger charge is 2.08. The number of nitrogens with one attached hydrogen (secondary N) is 1. The summed E-state index contributed by atoms with van der Waals surface area (Å²) in [5.74, 6) is 1.23. The largest absolute Gasteiger partial charge is 0.491 e. The average molecular weight is 325 g/mol. The fraction of sp³-hybridized carbons (Fsp3) is 0.250. The van der Waals surface area contributed by atoms with Gasteiger partial charge in [-0.05, 0) is 68.8 Å². The Morgan fingerprint density at radius 2 is 1.83 bits per heavy atom. The Kier molecular flexibility index (Phi) is 6.01. The molecule has 0 saturated heterocycles. The molecule has 0 atom stereocenters. The quantitative estimate of drug-likeness (QED) is 0.752. The molecule has 24 heavy (non-hydrogen) atoms. The van der Waals surface area contributed by atoms with Crippen molar-refractivity contribution in [3.63, 3.8) is 0 Å². The van der Waals surface area contributed by atoms with Crippen LogP contribution < -0.4 is 14.8 Å². The van der Waals surface area contributed by atoms with Crippen molar-refractivity contribution in [3.05, 3.63) is 66.2 Å². The minimum absolute atomic E-state index is 0.118. The second-order valence-electron chi connectivity index (χ2n) is 5.92. The van der Waals surface area contributed by atoms with Crippen molar-refractivity contribution in [1.82, 2.24) is 0 Å². The van der Waals surface area contributed by atoms with Gasteiger partial charge in [0.15, 0.2) is 0 Å². The number of hydrogen-bond donors (Lipinski definition) is 1. The molecule has 0 spiro atoms. The first kappa shape index (κ1) is 17.6. The number of carbonyl (C=O) groups is 1. The summed E-state index contributed by atoms with van der Waals surface area (Å²) in [7, 11) is 0. The first-order valence-corrected chi connectivity index (χ1v) is 7.89. The molecule has 0 radical (unpaired) electrons. The van der Waals surface area contributed by atoms with Crippen LogP contribution in [0.1, 0.15) is 31.1 Å². The molecule has 0 fully saturated rings. The number of ether oxygens (including phenoxy) is 2. The van der Waals surface area contributed by atoms with Crippen LogP contribution in [-0.2, 0) is 0 Å². The summed E-state index contributed by atoms with van der Waals surface area (Å²) in [5, 5.41) is 2.86. The number of benzene rings is 2. The maximum atomic E-state index is 12.4. The summed E-state index contributed by atoms with van der Waals surface area (Å²) < 4.78 is 11.1. The van der Waals surface area contributed by atoms with Gasteiger partial charge in [-0.1, -0.05) is 12.6 Å². The standard InChI is InChI=1S/C20H23NO3/c1-14(2)13-23-19-7-5-6-16(12-19)20(22)21-17-8-10-18(11-9-17)24-15(3)4/h5-12,15H,1,13H2,2-4H3,(H,21,22). The van der Waals surface area contributed by atoms with E-state index in [1.165, 1.54) is 0 Å². The lowest BCUT2D eigenvalue weighted by atomic mass is 10.2. The van der Waals surface area contributed by atoms with E-state index in [4.69, 9.17) is 9.47 Å². The van der Waals surface area contributed by atoms with Gasteiger partial charge in [-0.25, -0.2) is 0 Å². The number of carbonyl (C=O) groups excluding carboxylic acids is 1. The third-order valence-electron chi connectivity index (χ3n) is 3.07. The molecule has 0 aliphatic carbocycles. The van der Waals surface area contributed by atoms with Crippen molar-refractivity contribution in [1.29, 1.82) is 0 Å². The smallest absolute Gasteiger partial charge is 0.255 e. The molecule has 1 amide bonds. The van der Waals surface area contributed by atoms with Crippen molar-refractivity contribution < 1.29 is 14.3 Å². The topological polar surface area (TPSA) is 47.6 Å². The molecular formula is C20H23NO3. The number of rotatable bonds is 7. The maximum Gasteiger partial charge on any atom is 0.255 e. The van der Waals surface area contributed by atoms with Crippen LogP contribution in [0.4, 0.5) is 5.69 Å². The molecule has 126 valence electrons. The van der Waals surface area contributed by atoms with Crippen LogP contribution >= 0.6 is 0 Å². The van der Waals surface area contributed by atoms with Gasteiger partial charge in [0.05, 0.1) is 6.10 Å². The lowest BCUT2D eigenvalue weighted by Gasteiger charge is -2.11. The molecule has 0 saturated carbocycles. The van der Waals surface area contributed by atoms with E-state index in [9.17, 15) is 4.79 Å². The highest BCUT2D eigenvalue weighted by atomic mass is 16.5. The molecule has 2 aromatic rings. The first-order chi connectivity index (χ1) is 11.4. The van der Waals surface area contributed by atoms with Crippen molar-refractivity contribution in [3.8, 4) is 11.5 Å². The first-order valence-electron chi connectivity index (χ1n) is 7.89. The van der Waals surface area contributed by atoms with Gasteiger partial charge in [-0.2, -0.15) is 0 Å². The van der Waals surface area contributed by atoms with Gasteiger partial charge in [0.1, 0.15) is 18.1 Å². The Morgan fingerprint density at radius 3 is 2.46 bits per heavy atom. The van der Waals surface area contributed by atoms with E-state index >= 15 is 0 Å². The van der Waals surface area contributed by atoms with Crippen LogP contribution in [0.3, 0.4) is 0 Å². The van der Waals surface area contributed by atoms with Gasteiger partial charge in [0.2, 0.25) is 0 Å². The van der Waals surface area contributed by atoms with Crippen molar-refractivity contribution >= 4 is 11.6 Å². The van der Waals surface area contributed by atoms with Crippen LogP contribution in [0.2, 0.25) is 0 Å². The molecule has 0 heterocycles. The van der Waals surface area contributed by atoms with Gasteiger partial charge < -0.3 is 14.8 Å². The second kappa shape index (κ2) is 8.20. The summed E-state index contributed by atoms with van der Waals surface area (Å²) in [6.45, 7) is 10.1. The Hall–Kier alpha value is -2.75. The van der Waals surface area contributed by atoms with Crippen LogP contribution in [-0.4, -0.2) is 18.6 Å². The third-order valence-corrected chi connectivity index (χ3v) is 3.07. The molecule has 0 aliphatic rings.